The molecule has 0 saturated heterocycles. The van der Waals surface area contributed by atoms with Crippen LogP contribution in [0.15, 0.2) is 11.3 Å². The molecule has 1 N–H and O–H groups in total. The molecule has 0 aromatic rings. The van der Waals surface area contributed by atoms with Gasteiger partial charge in [0.2, 0.25) is 0 Å². The van der Waals surface area contributed by atoms with Gasteiger partial charge in [-0.3, -0.25) is 4.79 Å². The number of halogens is 1. The summed E-state index contributed by atoms with van der Waals surface area (Å²) in [6.45, 7) is 0. The lowest BCUT2D eigenvalue weighted by Crippen LogP contribution is -1.67. The van der Waals surface area contributed by atoms with Gasteiger partial charge in [-0.25, -0.2) is 0 Å². The molecule has 0 aliphatic heterocycles. The van der Waals surface area contributed by atoms with Crippen molar-refractivity contribution in [1.29, 1.82) is 0 Å². The summed E-state index contributed by atoms with van der Waals surface area (Å²) in [4.78, 5) is 9.38. The maximum atomic E-state index is 9.38. The van der Waals surface area contributed by atoms with Crippen molar-refractivity contribution < 1.29 is 9.90 Å². The second-order valence-corrected chi connectivity index (χ2v) is 1.07. The maximum absolute atomic E-state index is 9.38. The highest BCUT2D eigenvalue weighted by molar-refractivity contribution is 6.38. The van der Waals surface area contributed by atoms with E-state index in [2.05, 4.69) is 0 Å². The summed E-state index contributed by atoms with van der Waals surface area (Å²) in [6, 6.07) is 0. The molecule has 2 nitrogen and oxygen atoms in total. The molecule has 0 aliphatic carbocycles. The van der Waals surface area contributed by atoms with Crippen molar-refractivity contribution in [2.75, 3.05) is 0 Å². The van der Waals surface area contributed by atoms with Crippen LogP contribution in [0.25, 0.3) is 0 Å². The molecule has 0 fully saturated rings. The van der Waals surface area contributed by atoms with Gasteiger partial charge in [0.25, 0.3) is 0 Å². The van der Waals surface area contributed by atoms with Gasteiger partial charge in [0.1, 0.15) is 11.3 Å². The van der Waals surface area contributed by atoms with Gasteiger partial charge < -0.3 is 5.11 Å². The molecule has 0 atom stereocenters. The highest BCUT2D eigenvalue weighted by Gasteiger charge is 1.78. The number of carbonyl (C=O) groups excluding carboxylic acids is 1. The SMILES string of the molecule is O=CC(Cl)=CO. The minimum Gasteiger partial charge on any atom is -0.514 e. The summed E-state index contributed by atoms with van der Waals surface area (Å²) in [6.07, 6.45) is 0.885. The Bertz CT molecular complexity index is 76.9. The molecule has 0 rings (SSSR count). The van der Waals surface area contributed by atoms with Crippen LogP contribution in [0.3, 0.4) is 0 Å². The first-order valence-electron chi connectivity index (χ1n) is 1.26. The lowest BCUT2D eigenvalue weighted by atomic mass is 10.7. The summed E-state index contributed by atoms with van der Waals surface area (Å²) >= 11 is 4.89. The molecule has 3 heteroatoms. The number of aldehydes is 1. The van der Waals surface area contributed by atoms with E-state index in [0.29, 0.717) is 12.5 Å². The van der Waals surface area contributed by atoms with Crippen molar-refractivity contribution in [3.8, 4) is 0 Å². The highest BCUT2D eigenvalue weighted by Crippen LogP contribution is 1.90. The minimum atomic E-state index is -0.185. The summed E-state index contributed by atoms with van der Waals surface area (Å²) in [5, 5.41) is 7.62. The highest BCUT2D eigenvalue weighted by atomic mass is 35.5. The predicted octanol–water partition coefficient (Wildman–Crippen LogP) is 0.823. The molecule has 0 aliphatic rings. The molecule has 0 unspecified atom stereocenters. The molecule has 0 aromatic carbocycles. The molecular formula is C3H3ClO2. The monoisotopic (exact) mass is 106 g/mol. The molecule has 0 aromatic heterocycles. The Morgan fingerprint density at radius 3 is 2.33 bits per heavy atom. The zero-order chi connectivity index (χ0) is 4.99. The van der Waals surface area contributed by atoms with Gasteiger partial charge >= 0.3 is 0 Å². The number of carbonyl (C=O) groups is 1. The summed E-state index contributed by atoms with van der Waals surface area (Å²) in [7, 11) is 0. The van der Waals surface area contributed by atoms with E-state index < -0.39 is 0 Å². The average Bonchev–Trinajstić information content (AvgIpc) is 1.65. The van der Waals surface area contributed by atoms with Crippen LogP contribution in [0, 0.1) is 0 Å². The van der Waals surface area contributed by atoms with Crippen LogP contribution in [0.5, 0.6) is 0 Å². The molecule has 34 valence electrons. The van der Waals surface area contributed by atoms with Crippen molar-refractivity contribution in [1.82, 2.24) is 0 Å². The number of allylic oxidation sites excluding steroid dienone is 1. The molecule has 0 heterocycles. The quantitative estimate of drug-likeness (QED) is 0.305. The largest absolute Gasteiger partial charge is 0.514 e. The number of aliphatic hydroxyl groups excluding tert-OH is 1. The van der Waals surface area contributed by atoms with Crippen LogP contribution in [-0.2, 0) is 4.79 Å². The molecule has 0 bridgehead atoms. The second-order valence-electron chi connectivity index (χ2n) is 0.632. The fourth-order valence-corrected chi connectivity index (χ4v) is 0.0304. The first-order valence-corrected chi connectivity index (χ1v) is 1.64. The van der Waals surface area contributed by atoms with Crippen LogP contribution in [-0.4, -0.2) is 11.4 Å². The third kappa shape index (κ3) is 1.79. The fourth-order valence-electron chi connectivity index (χ4n) is 0.0304. The van der Waals surface area contributed by atoms with Crippen LogP contribution >= 0.6 is 11.6 Å². The van der Waals surface area contributed by atoms with Gasteiger partial charge in [0, 0.05) is 0 Å². The minimum absolute atomic E-state index is 0.185. The predicted molar refractivity (Wildman–Crippen MR) is 22.6 cm³/mol. The van der Waals surface area contributed by atoms with Crippen LogP contribution in [0.4, 0.5) is 0 Å². The standard InChI is InChI=1S/C3H3ClO2/c4-3(1-5)2-6/h1-2,5H. The van der Waals surface area contributed by atoms with E-state index in [1.165, 1.54) is 0 Å². The Kier molecular flexibility index (Phi) is 2.50. The first kappa shape index (κ1) is 5.50. The van der Waals surface area contributed by atoms with Crippen LogP contribution in [0.1, 0.15) is 0 Å². The molecule has 0 amide bonds. The summed E-state index contributed by atoms with van der Waals surface area (Å²) in [5.74, 6) is 0. The molecule has 0 spiro atoms. The van der Waals surface area contributed by atoms with E-state index in [0.717, 1.165) is 0 Å². The van der Waals surface area contributed by atoms with Crippen molar-refractivity contribution in [2.45, 2.75) is 0 Å². The number of aliphatic hydroxyl groups is 1. The van der Waals surface area contributed by atoms with Gasteiger partial charge in [0.05, 0.1) is 0 Å². The van der Waals surface area contributed by atoms with E-state index >= 15 is 0 Å². The second kappa shape index (κ2) is 2.72. The van der Waals surface area contributed by atoms with Gasteiger partial charge in [0.15, 0.2) is 6.29 Å². The van der Waals surface area contributed by atoms with E-state index in [4.69, 9.17) is 16.7 Å². The van der Waals surface area contributed by atoms with Gasteiger partial charge in [-0.2, -0.15) is 0 Å². The van der Waals surface area contributed by atoms with Crippen molar-refractivity contribution in [2.24, 2.45) is 0 Å². The third-order valence-corrected chi connectivity index (χ3v) is 0.423. The van der Waals surface area contributed by atoms with E-state index in [1.54, 1.807) is 0 Å². The van der Waals surface area contributed by atoms with Crippen molar-refractivity contribution in [3.05, 3.63) is 11.3 Å². The number of hydrogen-bond donors (Lipinski definition) is 1. The fraction of sp³-hybridized carbons (Fsp3) is 0. The van der Waals surface area contributed by atoms with Gasteiger partial charge in [-0.15, -0.1) is 0 Å². The Morgan fingerprint density at radius 2 is 2.33 bits per heavy atom. The Balaban J connectivity index is 3.50. The Labute approximate surface area is 40.0 Å². The summed E-state index contributed by atoms with van der Waals surface area (Å²) < 4.78 is 0. The zero-order valence-electron chi connectivity index (χ0n) is 2.89. The zero-order valence-corrected chi connectivity index (χ0v) is 3.64. The van der Waals surface area contributed by atoms with Crippen molar-refractivity contribution in [3.63, 3.8) is 0 Å². The van der Waals surface area contributed by atoms with Gasteiger partial charge in [-0.05, 0) is 0 Å². The van der Waals surface area contributed by atoms with Gasteiger partial charge in [-0.1, -0.05) is 11.6 Å². The number of rotatable bonds is 1. The Hall–Kier alpha value is -0.500. The lowest BCUT2D eigenvalue weighted by molar-refractivity contribution is -0.104. The Morgan fingerprint density at radius 1 is 1.83 bits per heavy atom. The molecule has 0 radical (unpaired) electrons. The van der Waals surface area contributed by atoms with Crippen LogP contribution < -0.4 is 0 Å². The van der Waals surface area contributed by atoms with E-state index in [-0.39, 0.29) is 5.03 Å². The van der Waals surface area contributed by atoms with E-state index in [9.17, 15) is 4.79 Å². The topological polar surface area (TPSA) is 37.3 Å². The summed E-state index contributed by atoms with van der Waals surface area (Å²) in [5.41, 5.74) is 0. The van der Waals surface area contributed by atoms with Crippen molar-refractivity contribution >= 4 is 17.9 Å². The van der Waals surface area contributed by atoms with Crippen LogP contribution in [0.2, 0.25) is 0 Å². The maximum Gasteiger partial charge on any atom is 0.164 e. The van der Waals surface area contributed by atoms with E-state index in [1.807, 2.05) is 0 Å². The lowest BCUT2D eigenvalue weighted by Gasteiger charge is -1.69. The molecular weight excluding hydrogens is 103 g/mol. The molecule has 6 heavy (non-hydrogen) atoms. The average molecular weight is 107 g/mol. The normalized spacial score (nSPS) is 11.2. The first-order chi connectivity index (χ1) is 2.81. The smallest absolute Gasteiger partial charge is 0.164 e. The number of hydrogen-bond acceptors (Lipinski definition) is 2. The third-order valence-electron chi connectivity index (χ3n) is 0.236. The molecule has 0 saturated carbocycles.